The van der Waals surface area contributed by atoms with Crippen LogP contribution < -0.4 is 0 Å². The van der Waals surface area contributed by atoms with E-state index in [9.17, 15) is 0 Å². The molecule has 0 fully saturated rings. The predicted octanol–water partition coefficient (Wildman–Crippen LogP) is 14.9. The first-order valence-corrected chi connectivity index (χ1v) is 21.5. The molecule has 0 saturated heterocycles. The van der Waals surface area contributed by atoms with Crippen molar-refractivity contribution in [3.05, 3.63) is 230 Å². The van der Waals surface area contributed by atoms with E-state index in [1.807, 2.05) is 66.7 Å². The van der Waals surface area contributed by atoms with Crippen molar-refractivity contribution in [2.45, 2.75) is 19.3 Å². The van der Waals surface area contributed by atoms with Crippen molar-refractivity contribution in [1.82, 2.24) is 19.9 Å². The van der Waals surface area contributed by atoms with Gasteiger partial charge in [0.25, 0.3) is 0 Å². The Balaban J connectivity index is 0.927. The fraction of sp³-hybridized carbons (Fsp3) is 0.0508. The summed E-state index contributed by atoms with van der Waals surface area (Å²) in [6.45, 7) is 4.70. The first-order valence-electron chi connectivity index (χ1n) is 21.5. The molecule has 4 nitrogen and oxygen atoms in total. The zero-order chi connectivity index (χ0) is 42.3. The van der Waals surface area contributed by atoms with Crippen LogP contribution >= 0.6 is 0 Å². The molecule has 298 valence electrons. The summed E-state index contributed by atoms with van der Waals surface area (Å²) >= 11 is 0. The third-order valence-electron chi connectivity index (χ3n) is 12.3. The highest BCUT2D eigenvalue weighted by molar-refractivity contribution is 5.87. The summed E-state index contributed by atoms with van der Waals surface area (Å²) in [5.41, 5.74) is 18.9. The standard InChI is InChI=1S/C59H42N4/c1-59(2)52-35-45(43-25-15-27-47(33-43)55-38-49(39-17-7-3-8-18-39)37-54(60-55)40-19-9-4-10-20-40)29-31-50(52)51-32-30-46(36-53(51)59)44-26-16-28-48(34-44)58-62-56(41-21-11-5-12-22-41)61-57(63-58)42-23-13-6-14-24-42/h3-38H,1-2H3. The Bertz CT molecular complexity index is 2950. The maximum absolute atomic E-state index is 5.22. The molecule has 0 saturated carbocycles. The molecule has 0 atom stereocenters. The smallest absolute Gasteiger partial charge is 0.164 e. The Morgan fingerprint density at radius 3 is 1.13 bits per heavy atom. The van der Waals surface area contributed by atoms with Gasteiger partial charge in [-0.3, -0.25) is 0 Å². The van der Waals surface area contributed by atoms with Gasteiger partial charge in [-0.25, -0.2) is 19.9 Å². The highest BCUT2D eigenvalue weighted by Gasteiger charge is 2.36. The van der Waals surface area contributed by atoms with Crippen LogP contribution in [0.3, 0.4) is 0 Å². The van der Waals surface area contributed by atoms with Crippen LogP contribution in [0.25, 0.3) is 101 Å². The number of fused-ring (bicyclic) bond motifs is 3. The molecule has 63 heavy (non-hydrogen) atoms. The van der Waals surface area contributed by atoms with Gasteiger partial charge < -0.3 is 0 Å². The topological polar surface area (TPSA) is 51.6 Å². The normalized spacial score (nSPS) is 12.4. The van der Waals surface area contributed by atoms with Crippen LogP contribution in [0, 0.1) is 0 Å². The Morgan fingerprint density at radius 2 is 0.619 bits per heavy atom. The Hall–Kier alpha value is -8.08. The minimum Gasteiger partial charge on any atom is -0.248 e. The molecular weight excluding hydrogens is 765 g/mol. The molecule has 0 radical (unpaired) electrons. The van der Waals surface area contributed by atoms with Crippen LogP contribution in [0.5, 0.6) is 0 Å². The van der Waals surface area contributed by atoms with E-state index in [0.717, 1.165) is 61.5 Å². The third-order valence-corrected chi connectivity index (χ3v) is 12.3. The molecule has 2 heterocycles. The van der Waals surface area contributed by atoms with E-state index >= 15 is 0 Å². The number of rotatable bonds is 8. The number of benzene rings is 8. The SMILES string of the molecule is CC1(C)c2cc(-c3cccc(-c4cc(-c5ccccc5)cc(-c5ccccc5)n4)c3)ccc2-c2ccc(-c3cccc(-c4nc(-c5ccccc5)nc(-c5ccccc5)n4)c3)cc21. The van der Waals surface area contributed by atoms with Crippen molar-refractivity contribution in [1.29, 1.82) is 0 Å². The molecule has 1 aliphatic rings. The molecule has 0 N–H and O–H groups in total. The van der Waals surface area contributed by atoms with Gasteiger partial charge in [0.2, 0.25) is 0 Å². The molecule has 0 aliphatic heterocycles. The molecule has 4 heteroatoms. The zero-order valence-corrected chi connectivity index (χ0v) is 35.1. The van der Waals surface area contributed by atoms with E-state index < -0.39 is 0 Å². The number of nitrogens with zero attached hydrogens (tertiary/aromatic N) is 4. The molecule has 0 amide bonds. The molecule has 8 aromatic carbocycles. The second kappa shape index (κ2) is 15.7. The van der Waals surface area contributed by atoms with E-state index in [1.165, 1.54) is 33.4 Å². The number of hydrogen-bond donors (Lipinski definition) is 0. The van der Waals surface area contributed by atoms with Crippen molar-refractivity contribution in [2.24, 2.45) is 0 Å². The second-order valence-corrected chi connectivity index (χ2v) is 16.7. The largest absolute Gasteiger partial charge is 0.248 e. The van der Waals surface area contributed by atoms with Crippen molar-refractivity contribution in [2.75, 3.05) is 0 Å². The van der Waals surface area contributed by atoms with Crippen molar-refractivity contribution in [3.8, 4) is 101 Å². The predicted molar refractivity (Wildman–Crippen MR) is 259 cm³/mol. The van der Waals surface area contributed by atoms with Crippen molar-refractivity contribution >= 4 is 0 Å². The summed E-state index contributed by atoms with van der Waals surface area (Å²) in [5, 5.41) is 0. The fourth-order valence-electron chi connectivity index (χ4n) is 8.96. The van der Waals surface area contributed by atoms with E-state index in [0.29, 0.717) is 17.5 Å². The summed E-state index contributed by atoms with van der Waals surface area (Å²) in [4.78, 5) is 20.1. The van der Waals surface area contributed by atoms with Gasteiger partial charge in [-0.05, 0) is 92.0 Å². The number of pyridine rings is 1. The van der Waals surface area contributed by atoms with Crippen LogP contribution in [-0.2, 0) is 5.41 Å². The monoisotopic (exact) mass is 806 g/mol. The average molecular weight is 807 g/mol. The summed E-state index contributed by atoms with van der Waals surface area (Å²) in [7, 11) is 0. The molecular formula is C59H42N4. The van der Waals surface area contributed by atoms with Gasteiger partial charge in [-0.15, -0.1) is 0 Å². The van der Waals surface area contributed by atoms with Gasteiger partial charge in [-0.1, -0.05) is 196 Å². The van der Waals surface area contributed by atoms with Gasteiger partial charge >= 0.3 is 0 Å². The maximum atomic E-state index is 5.22. The molecule has 11 rings (SSSR count). The summed E-state index contributed by atoms with van der Waals surface area (Å²) in [5.74, 6) is 1.95. The minimum atomic E-state index is -0.217. The van der Waals surface area contributed by atoms with Crippen LogP contribution in [0.2, 0.25) is 0 Å². The molecule has 2 aromatic heterocycles. The van der Waals surface area contributed by atoms with Gasteiger partial charge in [0.05, 0.1) is 11.4 Å². The van der Waals surface area contributed by atoms with Crippen LogP contribution in [0.1, 0.15) is 25.0 Å². The van der Waals surface area contributed by atoms with Gasteiger partial charge in [0.15, 0.2) is 17.5 Å². The molecule has 0 bridgehead atoms. The van der Waals surface area contributed by atoms with Gasteiger partial charge in [0.1, 0.15) is 0 Å². The zero-order valence-electron chi connectivity index (χ0n) is 35.1. The number of hydrogen-bond acceptors (Lipinski definition) is 4. The first-order chi connectivity index (χ1) is 30.9. The first kappa shape index (κ1) is 37.9. The third kappa shape index (κ3) is 7.22. The quantitative estimate of drug-likeness (QED) is 0.153. The molecule has 10 aromatic rings. The van der Waals surface area contributed by atoms with Crippen LogP contribution in [0.4, 0.5) is 0 Å². The highest BCUT2D eigenvalue weighted by atomic mass is 15.0. The summed E-state index contributed by atoms with van der Waals surface area (Å²) in [6.07, 6.45) is 0. The van der Waals surface area contributed by atoms with E-state index in [-0.39, 0.29) is 5.41 Å². The molecule has 0 spiro atoms. The molecule has 1 aliphatic carbocycles. The number of aromatic nitrogens is 4. The fourth-order valence-corrected chi connectivity index (χ4v) is 8.96. The lowest BCUT2D eigenvalue weighted by molar-refractivity contribution is 0.661. The summed E-state index contributed by atoms with van der Waals surface area (Å²) < 4.78 is 0. The Labute approximate surface area is 368 Å². The van der Waals surface area contributed by atoms with Crippen LogP contribution in [0.15, 0.2) is 218 Å². The Kier molecular flexibility index (Phi) is 9.47. The lowest BCUT2D eigenvalue weighted by Gasteiger charge is -2.23. The molecule has 0 unspecified atom stereocenters. The summed E-state index contributed by atoms with van der Waals surface area (Å²) in [6, 6.07) is 76.9. The van der Waals surface area contributed by atoms with Crippen LogP contribution in [-0.4, -0.2) is 19.9 Å². The van der Waals surface area contributed by atoms with E-state index in [2.05, 4.69) is 166 Å². The van der Waals surface area contributed by atoms with Crippen molar-refractivity contribution in [3.63, 3.8) is 0 Å². The Morgan fingerprint density at radius 1 is 0.254 bits per heavy atom. The lowest BCUT2D eigenvalue weighted by atomic mass is 9.80. The second-order valence-electron chi connectivity index (χ2n) is 16.7. The average Bonchev–Trinajstić information content (AvgIpc) is 3.59. The highest BCUT2D eigenvalue weighted by Crippen LogP contribution is 2.51. The van der Waals surface area contributed by atoms with E-state index in [1.54, 1.807) is 0 Å². The van der Waals surface area contributed by atoms with Gasteiger partial charge in [0, 0.05) is 33.2 Å². The maximum Gasteiger partial charge on any atom is 0.164 e. The minimum absolute atomic E-state index is 0.217. The van der Waals surface area contributed by atoms with Gasteiger partial charge in [-0.2, -0.15) is 0 Å². The lowest BCUT2D eigenvalue weighted by Crippen LogP contribution is -2.15. The van der Waals surface area contributed by atoms with E-state index in [4.69, 9.17) is 19.9 Å². The van der Waals surface area contributed by atoms with Crippen molar-refractivity contribution < 1.29 is 0 Å².